The molecule has 4 nitrogen and oxygen atoms in total. The van der Waals surface area contributed by atoms with Gasteiger partial charge in [-0.15, -0.1) is 0 Å². The van der Waals surface area contributed by atoms with Crippen molar-refractivity contribution in [1.29, 1.82) is 0 Å². The second kappa shape index (κ2) is 8.91. The summed E-state index contributed by atoms with van der Waals surface area (Å²) in [5, 5.41) is 3.51. The van der Waals surface area contributed by atoms with E-state index in [-0.39, 0.29) is 5.97 Å². The van der Waals surface area contributed by atoms with Gasteiger partial charge in [0.05, 0.1) is 12.7 Å². The van der Waals surface area contributed by atoms with E-state index in [1.54, 1.807) is 0 Å². The van der Waals surface area contributed by atoms with Crippen molar-refractivity contribution in [3.05, 3.63) is 35.4 Å². The van der Waals surface area contributed by atoms with Crippen LogP contribution >= 0.6 is 0 Å². The molecule has 0 saturated carbocycles. The van der Waals surface area contributed by atoms with E-state index in [2.05, 4.69) is 17.1 Å². The first-order valence-corrected chi connectivity index (χ1v) is 8.29. The highest BCUT2D eigenvalue weighted by molar-refractivity contribution is 5.89. The third-order valence-corrected chi connectivity index (χ3v) is 4.22. The normalized spacial score (nSPS) is 17.2. The average molecular weight is 304 g/mol. The van der Waals surface area contributed by atoms with Gasteiger partial charge in [-0.3, -0.25) is 0 Å². The number of carbonyl (C=O) groups excluding carboxylic acids is 1. The number of rotatable bonds is 7. The Hall–Kier alpha value is -1.39. The molecule has 0 bridgehead atoms. The van der Waals surface area contributed by atoms with Crippen LogP contribution in [0.25, 0.3) is 0 Å². The molecule has 1 saturated heterocycles. The van der Waals surface area contributed by atoms with E-state index in [1.807, 2.05) is 24.3 Å². The van der Waals surface area contributed by atoms with Crippen LogP contribution in [0.5, 0.6) is 0 Å². The first-order valence-electron chi connectivity index (χ1n) is 8.29. The smallest absolute Gasteiger partial charge is 0.337 e. The average Bonchev–Trinajstić information content (AvgIpc) is 2.55. The van der Waals surface area contributed by atoms with E-state index < -0.39 is 0 Å². The highest BCUT2D eigenvalue weighted by Crippen LogP contribution is 2.11. The molecular weight excluding hydrogens is 276 g/mol. The first kappa shape index (κ1) is 17.0. The number of nitrogens with zero attached hydrogens (tertiary/aromatic N) is 1. The third kappa shape index (κ3) is 5.43. The Labute approximate surface area is 133 Å². The molecule has 22 heavy (non-hydrogen) atoms. The van der Waals surface area contributed by atoms with E-state index in [1.165, 1.54) is 51.6 Å². The van der Waals surface area contributed by atoms with Gasteiger partial charge in [-0.1, -0.05) is 25.5 Å². The summed E-state index contributed by atoms with van der Waals surface area (Å²) in [6.07, 6.45) is 4.10. The van der Waals surface area contributed by atoms with Gasteiger partial charge in [0.15, 0.2) is 0 Å². The number of esters is 1. The van der Waals surface area contributed by atoms with Gasteiger partial charge in [0.2, 0.25) is 0 Å². The molecule has 1 atom stereocenters. The second-order valence-corrected chi connectivity index (χ2v) is 6.29. The van der Waals surface area contributed by atoms with Crippen molar-refractivity contribution in [1.82, 2.24) is 10.2 Å². The lowest BCUT2D eigenvalue weighted by Crippen LogP contribution is -2.36. The van der Waals surface area contributed by atoms with Crippen molar-refractivity contribution in [2.45, 2.75) is 32.7 Å². The van der Waals surface area contributed by atoms with Crippen LogP contribution in [0.4, 0.5) is 0 Å². The lowest BCUT2D eigenvalue weighted by Gasteiger charge is -2.29. The molecule has 1 fully saturated rings. The topological polar surface area (TPSA) is 41.6 Å². The summed E-state index contributed by atoms with van der Waals surface area (Å²) >= 11 is 0. The Morgan fingerprint density at radius 1 is 1.23 bits per heavy atom. The lowest BCUT2D eigenvalue weighted by atomic mass is 10.1. The second-order valence-electron chi connectivity index (χ2n) is 6.29. The number of benzene rings is 1. The fourth-order valence-electron chi connectivity index (χ4n) is 2.99. The van der Waals surface area contributed by atoms with Gasteiger partial charge in [0.25, 0.3) is 0 Å². The minimum atomic E-state index is -0.283. The van der Waals surface area contributed by atoms with Crippen molar-refractivity contribution < 1.29 is 9.53 Å². The molecule has 1 aliphatic rings. The largest absolute Gasteiger partial charge is 0.465 e. The van der Waals surface area contributed by atoms with Crippen LogP contribution in [0.2, 0.25) is 0 Å². The number of carbonyl (C=O) groups is 1. The molecule has 1 N–H and O–H groups in total. The Bertz CT molecular complexity index is 453. The molecule has 1 heterocycles. The summed E-state index contributed by atoms with van der Waals surface area (Å²) in [7, 11) is 1.40. The van der Waals surface area contributed by atoms with Crippen LogP contribution < -0.4 is 5.32 Å². The SMILES string of the molecule is COC(=O)c1ccc(CNCC(C)CN2CCCCC2)cc1. The lowest BCUT2D eigenvalue weighted by molar-refractivity contribution is 0.0600. The van der Waals surface area contributed by atoms with E-state index >= 15 is 0 Å². The first-order chi connectivity index (χ1) is 10.7. The van der Waals surface area contributed by atoms with E-state index in [0.29, 0.717) is 11.5 Å². The molecule has 4 heteroatoms. The highest BCUT2D eigenvalue weighted by Gasteiger charge is 2.13. The van der Waals surface area contributed by atoms with Crippen molar-refractivity contribution in [3.63, 3.8) is 0 Å². The van der Waals surface area contributed by atoms with Crippen LogP contribution in [0.15, 0.2) is 24.3 Å². The van der Waals surface area contributed by atoms with Crippen LogP contribution in [0.3, 0.4) is 0 Å². The third-order valence-electron chi connectivity index (χ3n) is 4.22. The van der Waals surface area contributed by atoms with Crippen LogP contribution in [0, 0.1) is 5.92 Å². The van der Waals surface area contributed by atoms with Crippen LogP contribution in [0.1, 0.15) is 42.1 Å². The summed E-state index contributed by atoms with van der Waals surface area (Å²) in [4.78, 5) is 14.0. The number of ether oxygens (including phenoxy) is 1. The number of nitrogens with one attached hydrogen (secondary N) is 1. The predicted octanol–water partition coefficient (Wildman–Crippen LogP) is 2.68. The molecule has 0 spiro atoms. The molecule has 0 aliphatic carbocycles. The minimum absolute atomic E-state index is 0.283. The maximum Gasteiger partial charge on any atom is 0.337 e. The van der Waals surface area contributed by atoms with E-state index in [9.17, 15) is 4.79 Å². The molecule has 0 radical (unpaired) electrons. The fourth-order valence-corrected chi connectivity index (χ4v) is 2.99. The molecule has 122 valence electrons. The van der Waals surface area contributed by atoms with Gasteiger partial charge in [-0.2, -0.15) is 0 Å². The summed E-state index contributed by atoms with van der Waals surface area (Å²) in [6.45, 7) is 7.88. The van der Waals surface area contributed by atoms with Crippen LogP contribution in [-0.4, -0.2) is 44.2 Å². The van der Waals surface area contributed by atoms with Gasteiger partial charge in [-0.25, -0.2) is 4.79 Å². The molecule has 1 aromatic carbocycles. The zero-order valence-corrected chi connectivity index (χ0v) is 13.8. The van der Waals surface area contributed by atoms with Crippen molar-refractivity contribution in [3.8, 4) is 0 Å². The Morgan fingerprint density at radius 2 is 1.91 bits per heavy atom. The standard InChI is InChI=1S/C18H28N2O2/c1-15(14-20-10-4-3-5-11-20)12-19-13-16-6-8-17(9-7-16)18(21)22-2/h6-9,15,19H,3-5,10-14H2,1-2H3. The van der Waals surface area contributed by atoms with E-state index in [4.69, 9.17) is 4.74 Å². The van der Waals surface area contributed by atoms with Crippen molar-refractivity contribution >= 4 is 5.97 Å². The van der Waals surface area contributed by atoms with Gasteiger partial charge in [0.1, 0.15) is 0 Å². The Kier molecular flexibility index (Phi) is 6.87. The zero-order chi connectivity index (χ0) is 15.8. The minimum Gasteiger partial charge on any atom is -0.465 e. The monoisotopic (exact) mass is 304 g/mol. The number of piperidine rings is 1. The van der Waals surface area contributed by atoms with Gasteiger partial charge < -0.3 is 15.0 Å². The highest BCUT2D eigenvalue weighted by atomic mass is 16.5. The zero-order valence-electron chi connectivity index (χ0n) is 13.8. The number of methoxy groups -OCH3 is 1. The summed E-state index contributed by atoms with van der Waals surface area (Å²) in [6, 6.07) is 7.60. The van der Waals surface area contributed by atoms with Crippen LogP contribution in [-0.2, 0) is 11.3 Å². The van der Waals surface area contributed by atoms with Gasteiger partial charge in [-0.05, 0) is 56.1 Å². The van der Waals surface area contributed by atoms with Crippen molar-refractivity contribution in [2.24, 2.45) is 5.92 Å². The van der Waals surface area contributed by atoms with Crippen molar-refractivity contribution in [2.75, 3.05) is 33.3 Å². The number of hydrogen-bond donors (Lipinski definition) is 1. The summed E-state index contributed by atoms with van der Waals surface area (Å²) in [5.74, 6) is 0.377. The van der Waals surface area contributed by atoms with E-state index in [0.717, 1.165) is 13.1 Å². The Morgan fingerprint density at radius 3 is 2.55 bits per heavy atom. The van der Waals surface area contributed by atoms with Gasteiger partial charge >= 0.3 is 5.97 Å². The maximum absolute atomic E-state index is 11.4. The molecule has 0 aromatic heterocycles. The predicted molar refractivity (Wildman–Crippen MR) is 88.9 cm³/mol. The molecular formula is C18H28N2O2. The molecule has 1 aliphatic heterocycles. The molecule has 2 rings (SSSR count). The fraction of sp³-hybridized carbons (Fsp3) is 0.611. The Balaban J connectivity index is 1.68. The maximum atomic E-state index is 11.4. The molecule has 0 amide bonds. The number of hydrogen-bond acceptors (Lipinski definition) is 4. The van der Waals surface area contributed by atoms with Gasteiger partial charge in [0, 0.05) is 13.1 Å². The number of likely N-dealkylation sites (tertiary alicyclic amines) is 1. The molecule has 1 aromatic rings. The quantitative estimate of drug-likeness (QED) is 0.786. The summed E-state index contributed by atoms with van der Waals surface area (Å²) in [5.41, 5.74) is 1.79. The summed E-state index contributed by atoms with van der Waals surface area (Å²) < 4.78 is 4.70. The molecule has 1 unspecified atom stereocenters.